The standard InChI is InChI=1S/C6H12O6.2H3N.H3O4P.H2O/c7-1-3(9)5(11)6(12)4(10)2-8;;;1-5(2,3)4;/h1,3-6,8-12H,2H2;2*1H3;(H3,1,2,3,4);1H2. The van der Waals surface area contributed by atoms with Crippen molar-refractivity contribution in [3.8, 4) is 0 Å². The van der Waals surface area contributed by atoms with Crippen molar-refractivity contribution in [1.29, 1.82) is 0 Å². The fourth-order valence-corrected chi connectivity index (χ4v) is 0.618. The van der Waals surface area contributed by atoms with Crippen molar-refractivity contribution in [1.82, 2.24) is 12.3 Å². The highest BCUT2D eigenvalue weighted by atomic mass is 31.2. The highest BCUT2D eigenvalue weighted by molar-refractivity contribution is 7.45. The van der Waals surface area contributed by atoms with Crippen LogP contribution in [0.3, 0.4) is 0 Å². The van der Waals surface area contributed by atoms with Gasteiger partial charge in [0, 0.05) is 0 Å². The van der Waals surface area contributed by atoms with Gasteiger partial charge in [-0.1, -0.05) is 0 Å². The van der Waals surface area contributed by atoms with E-state index in [0.29, 0.717) is 0 Å². The van der Waals surface area contributed by atoms with Gasteiger partial charge in [0.2, 0.25) is 0 Å². The third-order valence-electron chi connectivity index (χ3n) is 1.42. The summed E-state index contributed by atoms with van der Waals surface area (Å²) in [6.07, 6.45) is -6.84. The van der Waals surface area contributed by atoms with Gasteiger partial charge in [-0.3, -0.25) is 0 Å². The van der Waals surface area contributed by atoms with E-state index in [1.54, 1.807) is 0 Å². The number of aldehydes is 1. The molecule has 0 bridgehead atoms. The molecule has 0 aromatic heterocycles. The molecule has 16 N–H and O–H groups in total. The SMILES string of the molecule is N.N.O.O=CC(O)C(O)C(O)C(O)CO.O=P(O)(O)O. The van der Waals surface area contributed by atoms with Crippen LogP contribution in [-0.4, -0.2) is 83.0 Å². The van der Waals surface area contributed by atoms with E-state index < -0.39 is 38.8 Å². The summed E-state index contributed by atoms with van der Waals surface area (Å²) in [7, 11) is -4.64. The van der Waals surface area contributed by atoms with Gasteiger partial charge in [-0.2, -0.15) is 0 Å². The first kappa shape index (κ1) is 31.7. The van der Waals surface area contributed by atoms with Gasteiger partial charge in [-0.05, 0) is 0 Å². The summed E-state index contributed by atoms with van der Waals surface area (Å²) in [6, 6.07) is 0. The summed E-state index contributed by atoms with van der Waals surface area (Å²) in [5.41, 5.74) is 0. The minimum atomic E-state index is -4.64. The molecular weight excluding hydrogens is 307 g/mol. The summed E-state index contributed by atoms with van der Waals surface area (Å²) in [6.45, 7) is -0.760. The third-order valence-corrected chi connectivity index (χ3v) is 1.42. The van der Waals surface area contributed by atoms with Crippen molar-refractivity contribution in [3.63, 3.8) is 0 Å². The normalized spacial score (nSPS) is 15.6. The van der Waals surface area contributed by atoms with Crippen LogP contribution in [0.4, 0.5) is 0 Å². The summed E-state index contributed by atoms with van der Waals surface area (Å²) in [5, 5.41) is 43.5. The summed E-state index contributed by atoms with van der Waals surface area (Å²) in [4.78, 5) is 31.5. The van der Waals surface area contributed by atoms with Gasteiger partial charge < -0.3 is 62.8 Å². The molecule has 13 nitrogen and oxygen atoms in total. The van der Waals surface area contributed by atoms with Crippen molar-refractivity contribution in [2.75, 3.05) is 6.61 Å². The first-order chi connectivity index (χ1) is 7.54. The van der Waals surface area contributed by atoms with Crippen LogP contribution in [0.15, 0.2) is 0 Å². The van der Waals surface area contributed by atoms with E-state index in [-0.39, 0.29) is 24.1 Å². The number of carbonyl (C=O) groups is 1. The molecule has 0 fully saturated rings. The molecule has 20 heavy (non-hydrogen) atoms. The fraction of sp³-hybridized carbons (Fsp3) is 0.833. The Morgan fingerprint density at radius 2 is 1.25 bits per heavy atom. The Hall–Kier alpha value is -0.540. The lowest BCUT2D eigenvalue weighted by Crippen LogP contribution is -2.46. The van der Waals surface area contributed by atoms with Gasteiger partial charge in [0.1, 0.15) is 24.4 Å². The maximum atomic E-state index is 9.90. The molecule has 0 rings (SSSR count). The Kier molecular flexibility index (Phi) is 23.6. The molecule has 0 saturated heterocycles. The first-order valence-corrected chi connectivity index (χ1v) is 5.67. The topological polar surface area (TPSA) is 297 Å². The molecule has 0 saturated carbocycles. The van der Waals surface area contributed by atoms with E-state index in [2.05, 4.69) is 0 Å². The summed E-state index contributed by atoms with van der Waals surface area (Å²) >= 11 is 0. The van der Waals surface area contributed by atoms with Crippen molar-refractivity contribution in [3.05, 3.63) is 0 Å². The average Bonchev–Trinajstić information content (AvgIpc) is 2.22. The van der Waals surface area contributed by atoms with Crippen LogP contribution in [-0.2, 0) is 9.36 Å². The van der Waals surface area contributed by atoms with Crippen LogP contribution in [0.5, 0.6) is 0 Å². The predicted octanol–water partition coefficient (Wildman–Crippen LogP) is -4.81. The van der Waals surface area contributed by atoms with Crippen molar-refractivity contribution < 1.29 is 55.0 Å². The van der Waals surface area contributed by atoms with Crippen LogP contribution in [0.1, 0.15) is 0 Å². The van der Waals surface area contributed by atoms with E-state index >= 15 is 0 Å². The van der Waals surface area contributed by atoms with Crippen LogP contribution in [0, 0.1) is 0 Å². The maximum Gasteiger partial charge on any atom is 0.466 e. The first-order valence-electron chi connectivity index (χ1n) is 4.11. The Morgan fingerprint density at radius 1 is 0.950 bits per heavy atom. The number of rotatable bonds is 5. The molecule has 14 heteroatoms. The second-order valence-electron chi connectivity index (χ2n) is 2.87. The third kappa shape index (κ3) is 19.8. The monoisotopic (exact) mass is 330 g/mol. The Morgan fingerprint density at radius 3 is 1.45 bits per heavy atom. The molecule has 0 aromatic carbocycles. The Labute approximate surface area is 113 Å². The number of carbonyl (C=O) groups excluding carboxylic acids is 1. The molecule has 0 radical (unpaired) electrons. The average molecular weight is 330 g/mol. The zero-order chi connectivity index (χ0) is 14.2. The molecule has 0 aliphatic heterocycles. The number of hydrogen-bond acceptors (Lipinski definition) is 9. The van der Waals surface area contributed by atoms with E-state index in [0.717, 1.165) is 0 Å². The molecule has 0 aliphatic carbocycles. The van der Waals surface area contributed by atoms with Gasteiger partial charge in [0.15, 0.2) is 6.29 Å². The van der Waals surface area contributed by atoms with Crippen molar-refractivity contribution in [2.24, 2.45) is 0 Å². The van der Waals surface area contributed by atoms with Crippen LogP contribution in [0.25, 0.3) is 0 Å². The second kappa shape index (κ2) is 14.9. The molecule has 0 heterocycles. The van der Waals surface area contributed by atoms with E-state index in [4.69, 9.17) is 44.8 Å². The van der Waals surface area contributed by atoms with E-state index in [1.807, 2.05) is 0 Å². The molecule has 0 spiro atoms. The zero-order valence-corrected chi connectivity index (χ0v) is 11.2. The molecule has 4 unspecified atom stereocenters. The maximum absolute atomic E-state index is 9.90. The number of hydrogen-bond donors (Lipinski definition) is 10. The van der Waals surface area contributed by atoms with Gasteiger partial charge in [0.05, 0.1) is 6.61 Å². The van der Waals surface area contributed by atoms with Gasteiger partial charge in [-0.25, -0.2) is 4.57 Å². The lowest BCUT2D eigenvalue weighted by atomic mass is 10.0. The number of aliphatic hydroxyl groups excluding tert-OH is 5. The number of aliphatic hydroxyl groups is 5. The molecule has 0 aromatic rings. The summed E-state index contributed by atoms with van der Waals surface area (Å²) in [5.74, 6) is 0. The predicted molar refractivity (Wildman–Crippen MR) is 65.1 cm³/mol. The lowest BCUT2D eigenvalue weighted by molar-refractivity contribution is -0.136. The van der Waals surface area contributed by atoms with Crippen molar-refractivity contribution >= 4 is 14.1 Å². The zero-order valence-electron chi connectivity index (χ0n) is 10.3. The highest BCUT2D eigenvalue weighted by Gasteiger charge is 2.29. The van der Waals surface area contributed by atoms with Crippen molar-refractivity contribution in [2.45, 2.75) is 24.4 Å². The molecule has 128 valence electrons. The fourth-order valence-electron chi connectivity index (χ4n) is 0.618. The summed E-state index contributed by atoms with van der Waals surface area (Å²) < 4.78 is 8.88. The Balaban J connectivity index is -0.0000000821. The Bertz CT molecular complexity index is 253. The van der Waals surface area contributed by atoms with E-state index in [1.165, 1.54) is 0 Å². The molecular formula is C6H23N2O11P. The quantitative estimate of drug-likeness (QED) is 0.168. The van der Waals surface area contributed by atoms with Crippen LogP contribution >= 0.6 is 7.82 Å². The number of phosphoric acid groups is 1. The molecule has 0 amide bonds. The molecule has 4 atom stereocenters. The van der Waals surface area contributed by atoms with Gasteiger partial charge in [0.25, 0.3) is 0 Å². The van der Waals surface area contributed by atoms with Crippen LogP contribution < -0.4 is 12.3 Å². The lowest BCUT2D eigenvalue weighted by Gasteiger charge is -2.22. The minimum absolute atomic E-state index is 0. The minimum Gasteiger partial charge on any atom is -0.412 e. The highest BCUT2D eigenvalue weighted by Crippen LogP contribution is 2.25. The van der Waals surface area contributed by atoms with Gasteiger partial charge in [-0.15, -0.1) is 0 Å². The second-order valence-corrected chi connectivity index (χ2v) is 3.90. The largest absolute Gasteiger partial charge is 0.466 e. The van der Waals surface area contributed by atoms with E-state index in [9.17, 15) is 4.79 Å². The van der Waals surface area contributed by atoms with Gasteiger partial charge >= 0.3 is 7.82 Å². The smallest absolute Gasteiger partial charge is 0.412 e. The molecule has 0 aliphatic rings. The van der Waals surface area contributed by atoms with Crippen LogP contribution in [0.2, 0.25) is 0 Å².